The van der Waals surface area contributed by atoms with Crippen molar-refractivity contribution in [2.45, 2.75) is 6.54 Å². The fourth-order valence-corrected chi connectivity index (χ4v) is 3.18. The number of methoxy groups -OCH3 is 2. The molecule has 2 aromatic carbocycles. The first-order chi connectivity index (χ1) is 14.5. The number of nitrogens with zero attached hydrogens (tertiary/aromatic N) is 2. The minimum Gasteiger partial charge on any atom is -0.507 e. The molecule has 0 atom stereocenters. The van der Waals surface area contributed by atoms with Crippen LogP contribution in [-0.2, 0) is 11.3 Å². The number of rotatable bonds is 7. The number of phenols is 1. The highest BCUT2D eigenvalue weighted by Gasteiger charge is 2.19. The number of hydrogen-bond acceptors (Lipinski definition) is 7. The molecule has 0 unspecified atom stereocenters. The molecule has 0 aromatic heterocycles. The Bertz CT molecular complexity index is 836. The molecule has 0 saturated carbocycles. The lowest BCUT2D eigenvalue weighted by Crippen LogP contribution is -2.48. The second-order valence-corrected chi connectivity index (χ2v) is 6.90. The minimum absolute atomic E-state index is 0.160. The van der Waals surface area contributed by atoms with Crippen LogP contribution < -0.4 is 15.2 Å². The summed E-state index contributed by atoms with van der Waals surface area (Å²) in [6.07, 6.45) is 1.12. The van der Waals surface area contributed by atoms with E-state index in [0.717, 1.165) is 56.0 Å². The normalized spacial score (nSPS) is 14.3. The maximum absolute atomic E-state index is 10.9. The van der Waals surface area contributed by atoms with Crippen LogP contribution in [0.4, 0.5) is 0 Å². The molecule has 1 heterocycles. The quantitative estimate of drug-likeness (QED) is 0.595. The number of para-hydroxylation sites is 1. The number of benzene rings is 2. The van der Waals surface area contributed by atoms with E-state index in [2.05, 4.69) is 9.80 Å². The molecule has 0 aliphatic carbocycles. The zero-order valence-electron chi connectivity index (χ0n) is 17.5. The van der Waals surface area contributed by atoms with E-state index >= 15 is 0 Å². The summed E-state index contributed by atoms with van der Waals surface area (Å²) in [6, 6.07) is 12.6. The molecule has 3 rings (SSSR count). The van der Waals surface area contributed by atoms with Gasteiger partial charge in [0.25, 0.3) is 0 Å². The lowest BCUT2D eigenvalue weighted by atomic mass is 10.1. The molecule has 4 N–H and O–H groups in total. The second kappa shape index (κ2) is 11.8. The average Bonchev–Trinajstić information content (AvgIpc) is 2.75. The van der Waals surface area contributed by atoms with Crippen molar-refractivity contribution in [3.8, 4) is 17.2 Å². The Hall–Kier alpha value is -3.10. The lowest BCUT2D eigenvalue weighted by molar-refractivity contribution is -0.119. The van der Waals surface area contributed by atoms with Crippen LogP contribution in [0.3, 0.4) is 0 Å². The largest absolute Gasteiger partial charge is 0.507 e. The van der Waals surface area contributed by atoms with Crippen LogP contribution in [-0.4, -0.2) is 74.0 Å². The molecule has 1 saturated heterocycles. The summed E-state index contributed by atoms with van der Waals surface area (Å²) < 4.78 is 10.7. The Morgan fingerprint density at radius 3 is 2.30 bits per heavy atom. The molecule has 8 heteroatoms. The van der Waals surface area contributed by atoms with Crippen LogP contribution in [0.15, 0.2) is 42.5 Å². The van der Waals surface area contributed by atoms with E-state index in [1.54, 1.807) is 38.5 Å². The van der Waals surface area contributed by atoms with Crippen molar-refractivity contribution < 1.29 is 19.4 Å². The zero-order valence-corrected chi connectivity index (χ0v) is 17.5. The number of nitrogens with two attached hydrogens (primary N) is 1. The molecular weight excluding hydrogens is 384 g/mol. The predicted molar refractivity (Wildman–Crippen MR) is 116 cm³/mol. The standard InChI is InChI=1S/C15H23N3O3.C7H7NO/c1-20-13-3-4-14(21-2)12(9-13)10-17-5-7-18(8-6-17)11-15(16)19;8-5-6-3-1-2-4-7(6)9/h3-4,9H,5-8,10-11H2,1-2H3,(H2,16,19);1-5,8-9H. The summed E-state index contributed by atoms with van der Waals surface area (Å²) in [4.78, 5) is 15.4. The number of ether oxygens (including phenoxy) is 2. The van der Waals surface area contributed by atoms with Crippen LogP contribution in [0.5, 0.6) is 17.2 Å². The van der Waals surface area contributed by atoms with Crippen molar-refractivity contribution >= 4 is 12.1 Å². The Balaban J connectivity index is 0.000000297. The third kappa shape index (κ3) is 7.06. The van der Waals surface area contributed by atoms with Crippen molar-refractivity contribution in [1.82, 2.24) is 9.80 Å². The number of aromatic hydroxyl groups is 1. The van der Waals surface area contributed by atoms with E-state index in [-0.39, 0.29) is 11.7 Å². The van der Waals surface area contributed by atoms with Crippen LogP contribution in [0.2, 0.25) is 0 Å². The third-order valence-corrected chi connectivity index (χ3v) is 4.82. The topological polar surface area (TPSA) is 112 Å². The fraction of sp³-hybridized carbons (Fsp3) is 0.364. The molecule has 0 radical (unpaired) electrons. The van der Waals surface area contributed by atoms with Gasteiger partial charge < -0.3 is 25.7 Å². The summed E-state index contributed by atoms with van der Waals surface area (Å²) in [5, 5.41) is 15.8. The summed E-state index contributed by atoms with van der Waals surface area (Å²) in [5.74, 6) is 1.60. The molecular formula is C22H30N4O4. The minimum atomic E-state index is -0.266. The molecule has 2 aromatic rings. The highest BCUT2D eigenvalue weighted by molar-refractivity contribution is 5.80. The number of carbonyl (C=O) groups is 1. The Kier molecular flexibility index (Phi) is 9.11. The molecule has 162 valence electrons. The molecule has 0 bridgehead atoms. The van der Waals surface area contributed by atoms with E-state index in [1.165, 1.54) is 0 Å². The number of phenolic OH excluding ortho intramolecular Hbond substituents is 1. The number of hydrogen-bond donors (Lipinski definition) is 3. The number of piperazine rings is 1. The number of carbonyl (C=O) groups excluding carboxylic acids is 1. The summed E-state index contributed by atoms with van der Waals surface area (Å²) >= 11 is 0. The first kappa shape index (κ1) is 23.2. The van der Waals surface area contributed by atoms with Gasteiger partial charge in [-0.3, -0.25) is 14.6 Å². The summed E-state index contributed by atoms with van der Waals surface area (Å²) in [7, 11) is 3.34. The van der Waals surface area contributed by atoms with Gasteiger partial charge in [0.1, 0.15) is 17.2 Å². The van der Waals surface area contributed by atoms with Gasteiger partial charge in [0.15, 0.2) is 0 Å². The molecule has 8 nitrogen and oxygen atoms in total. The first-order valence-electron chi connectivity index (χ1n) is 9.69. The van der Waals surface area contributed by atoms with E-state index in [4.69, 9.17) is 25.7 Å². The van der Waals surface area contributed by atoms with Gasteiger partial charge in [-0.05, 0) is 30.3 Å². The van der Waals surface area contributed by atoms with E-state index < -0.39 is 0 Å². The molecule has 0 spiro atoms. The maximum atomic E-state index is 10.9. The third-order valence-electron chi connectivity index (χ3n) is 4.82. The number of primary amides is 1. The summed E-state index contributed by atoms with van der Waals surface area (Å²) in [5.41, 5.74) is 6.89. The van der Waals surface area contributed by atoms with Crippen LogP contribution in [0.1, 0.15) is 11.1 Å². The highest BCUT2D eigenvalue weighted by atomic mass is 16.5. The van der Waals surface area contributed by atoms with Gasteiger partial charge in [-0.2, -0.15) is 0 Å². The van der Waals surface area contributed by atoms with Crippen LogP contribution in [0, 0.1) is 5.41 Å². The lowest BCUT2D eigenvalue weighted by Gasteiger charge is -2.34. The van der Waals surface area contributed by atoms with Crippen molar-refractivity contribution in [1.29, 1.82) is 5.41 Å². The number of nitrogens with one attached hydrogen (secondary N) is 1. The van der Waals surface area contributed by atoms with E-state index in [9.17, 15) is 4.79 Å². The van der Waals surface area contributed by atoms with Crippen molar-refractivity contribution in [3.63, 3.8) is 0 Å². The van der Waals surface area contributed by atoms with Gasteiger partial charge in [0.05, 0.1) is 20.8 Å². The van der Waals surface area contributed by atoms with Crippen molar-refractivity contribution in [3.05, 3.63) is 53.6 Å². The summed E-state index contributed by atoms with van der Waals surface area (Å²) in [6.45, 7) is 4.69. The SMILES string of the molecule is COc1ccc(OC)c(CN2CCN(CC(N)=O)CC2)c1.N=Cc1ccccc1O. The highest BCUT2D eigenvalue weighted by Crippen LogP contribution is 2.25. The van der Waals surface area contributed by atoms with Crippen molar-refractivity contribution in [2.24, 2.45) is 5.73 Å². The zero-order chi connectivity index (χ0) is 21.9. The van der Waals surface area contributed by atoms with Crippen LogP contribution >= 0.6 is 0 Å². The van der Waals surface area contributed by atoms with Gasteiger partial charge in [-0.15, -0.1) is 0 Å². The van der Waals surface area contributed by atoms with Gasteiger partial charge in [-0.1, -0.05) is 12.1 Å². The molecule has 1 aliphatic heterocycles. The monoisotopic (exact) mass is 414 g/mol. The smallest absolute Gasteiger partial charge is 0.231 e. The van der Waals surface area contributed by atoms with Gasteiger partial charge >= 0.3 is 0 Å². The average molecular weight is 415 g/mol. The second-order valence-electron chi connectivity index (χ2n) is 6.90. The fourth-order valence-electron chi connectivity index (χ4n) is 3.18. The Morgan fingerprint density at radius 2 is 1.77 bits per heavy atom. The van der Waals surface area contributed by atoms with Crippen LogP contribution in [0.25, 0.3) is 0 Å². The van der Waals surface area contributed by atoms with Crippen molar-refractivity contribution in [2.75, 3.05) is 46.9 Å². The predicted octanol–water partition coefficient (Wildman–Crippen LogP) is 1.70. The van der Waals surface area contributed by atoms with Gasteiger partial charge in [-0.25, -0.2) is 0 Å². The maximum Gasteiger partial charge on any atom is 0.231 e. The first-order valence-corrected chi connectivity index (χ1v) is 9.69. The van der Waals surface area contributed by atoms with Gasteiger partial charge in [0, 0.05) is 50.1 Å². The van der Waals surface area contributed by atoms with Gasteiger partial charge in [0.2, 0.25) is 5.91 Å². The Labute approximate surface area is 177 Å². The molecule has 1 fully saturated rings. The molecule has 1 amide bonds. The molecule has 30 heavy (non-hydrogen) atoms. The molecule has 1 aliphatic rings. The van der Waals surface area contributed by atoms with E-state index in [0.29, 0.717) is 12.1 Å². The number of amides is 1. The Morgan fingerprint density at radius 1 is 1.10 bits per heavy atom. The van der Waals surface area contributed by atoms with E-state index in [1.807, 2.05) is 18.2 Å².